The largest absolute Gasteiger partial charge is 0.363 e. The van der Waals surface area contributed by atoms with Crippen molar-refractivity contribution >= 4 is 11.7 Å². The molecule has 0 saturated heterocycles. The summed E-state index contributed by atoms with van der Waals surface area (Å²) in [5.74, 6) is 0.0293. The summed E-state index contributed by atoms with van der Waals surface area (Å²) in [7, 11) is 0. The molecule has 0 bridgehead atoms. The zero-order chi connectivity index (χ0) is 18.1. The molecule has 0 fully saturated rings. The van der Waals surface area contributed by atoms with Crippen LogP contribution in [0.15, 0.2) is 30.5 Å². The summed E-state index contributed by atoms with van der Waals surface area (Å²) in [4.78, 5) is 12.4. The van der Waals surface area contributed by atoms with Crippen LogP contribution >= 0.6 is 0 Å². The van der Waals surface area contributed by atoms with Gasteiger partial charge in [0.1, 0.15) is 17.4 Å². The summed E-state index contributed by atoms with van der Waals surface area (Å²) in [6.45, 7) is 5.67. The topological polar surface area (TPSA) is 59.0 Å². The Balaban J connectivity index is 1.96. The first kappa shape index (κ1) is 17.4. The van der Waals surface area contributed by atoms with Gasteiger partial charge in [-0.3, -0.25) is 4.79 Å². The Kier molecular flexibility index (Phi) is 4.74. The van der Waals surface area contributed by atoms with Gasteiger partial charge in [0, 0.05) is 6.04 Å². The average molecular weight is 348 g/mol. The van der Waals surface area contributed by atoms with Crippen molar-refractivity contribution in [1.82, 2.24) is 15.1 Å². The molecule has 1 amide bonds. The van der Waals surface area contributed by atoms with Gasteiger partial charge in [0.15, 0.2) is 0 Å². The molecule has 0 radical (unpaired) electrons. The minimum absolute atomic E-state index is 0.0505. The van der Waals surface area contributed by atoms with Crippen molar-refractivity contribution < 1.29 is 13.6 Å². The van der Waals surface area contributed by atoms with E-state index in [0.29, 0.717) is 5.82 Å². The predicted molar refractivity (Wildman–Crippen MR) is 92.0 cm³/mol. The minimum Gasteiger partial charge on any atom is -0.363 e. The zero-order valence-electron chi connectivity index (χ0n) is 14.5. The van der Waals surface area contributed by atoms with E-state index in [1.165, 1.54) is 10.9 Å². The van der Waals surface area contributed by atoms with Crippen molar-refractivity contribution in [3.63, 3.8) is 0 Å². The number of aromatic nitrogens is 2. The molecule has 2 heterocycles. The molecule has 5 nitrogen and oxygen atoms in total. The molecule has 0 saturated carbocycles. The second-order valence-electron chi connectivity index (χ2n) is 6.72. The number of amides is 1. The van der Waals surface area contributed by atoms with E-state index < -0.39 is 12.5 Å². The predicted octanol–water partition coefficient (Wildman–Crippen LogP) is 3.69. The third kappa shape index (κ3) is 3.50. The third-order valence-corrected chi connectivity index (χ3v) is 4.33. The number of benzene rings is 1. The lowest BCUT2D eigenvalue weighted by molar-refractivity contribution is 0.0656. The van der Waals surface area contributed by atoms with Crippen molar-refractivity contribution in [2.24, 2.45) is 0 Å². The van der Waals surface area contributed by atoms with E-state index in [-0.39, 0.29) is 30.0 Å². The lowest BCUT2D eigenvalue weighted by Gasteiger charge is -2.32. The first-order chi connectivity index (χ1) is 11.9. The highest BCUT2D eigenvalue weighted by Crippen LogP contribution is 2.39. The second-order valence-corrected chi connectivity index (χ2v) is 6.72. The van der Waals surface area contributed by atoms with Gasteiger partial charge in [-0.15, -0.1) is 0 Å². The van der Waals surface area contributed by atoms with Crippen molar-refractivity contribution in [3.05, 3.63) is 47.2 Å². The Bertz CT molecular complexity index is 755. The molecular formula is C18H22F2N4O. The van der Waals surface area contributed by atoms with E-state index in [1.54, 1.807) is 0 Å². The van der Waals surface area contributed by atoms with Gasteiger partial charge >= 0.3 is 0 Å². The highest BCUT2D eigenvalue weighted by atomic mass is 19.3. The summed E-state index contributed by atoms with van der Waals surface area (Å²) in [6.07, 6.45) is -0.997. The second kappa shape index (κ2) is 6.82. The Hall–Kier alpha value is -2.44. The summed E-state index contributed by atoms with van der Waals surface area (Å²) < 4.78 is 28.4. The molecule has 2 aromatic rings. The quantitative estimate of drug-likeness (QED) is 0.886. The third-order valence-electron chi connectivity index (χ3n) is 4.33. The van der Waals surface area contributed by atoms with Crippen LogP contribution in [0.2, 0.25) is 0 Å². The molecule has 0 aliphatic carbocycles. The van der Waals surface area contributed by atoms with E-state index in [9.17, 15) is 13.6 Å². The van der Waals surface area contributed by atoms with Gasteiger partial charge < -0.3 is 10.6 Å². The molecule has 2 atom stereocenters. The van der Waals surface area contributed by atoms with Gasteiger partial charge in [-0.25, -0.2) is 13.5 Å². The maximum Gasteiger partial charge on any atom is 0.260 e. The van der Waals surface area contributed by atoms with Gasteiger partial charge in [0.2, 0.25) is 0 Å². The molecule has 2 N–H and O–H groups in total. The number of rotatable bonds is 4. The standard InChI is InChI=1S/C18H22F2N4O/c1-10(2)22-18(25)13-9-21-24-15(16(19)20)8-14(23-17(13)24)12-6-4-11(3)5-7-12/h4-7,9-10,14-16,23H,8H2,1-3H3,(H,22,25)/t14-,15-/m1/s1. The number of fused-ring (bicyclic) bond motifs is 1. The van der Waals surface area contributed by atoms with Crippen LogP contribution in [-0.4, -0.2) is 28.2 Å². The van der Waals surface area contributed by atoms with Crippen LogP contribution in [0, 0.1) is 6.92 Å². The molecule has 1 aliphatic heterocycles. The number of hydrogen-bond donors (Lipinski definition) is 2. The molecule has 25 heavy (non-hydrogen) atoms. The smallest absolute Gasteiger partial charge is 0.260 e. The Morgan fingerprint density at radius 2 is 2.00 bits per heavy atom. The normalized spacial score (nSPS) is 19.6. The SMILES string of the molecule is Cc1ccc([C@H]2C[C@H](C(F)F)n3ncc(C(=O)NC(C)C)c3N2)cc1. The molecule has 7 heteroatoms. The number of nitrogens with zero attached hydrogens (tertiary/aromatic N) is 2. The Morgan fingerprint density at radius 1 is 1.32 bits per heavy atom. The van der Waals surface area contributed by atoms with Gasteiger partial charge in [-0.1, -0.05) is 29.8 Å². The summed E-state index contributed by atoms with van der Waals surface area (Å²) in [5, 5.41) is 10.1. The van der Waals surface area contributed by atoms with Gasteiger partial charge in [0.25, 0.3) is 12.3 Å². The number of nitrogens with one attached hydrogen (secondary N) is 2. The van der Waals surface area contributed by atoms with E-state index in [0.717, 1.165) is 11.1 Å². The molecule has 134 valence electrons. The maximum atomic E-state index is 13.6. The summed E-state index contributed by atoms with van der Waals surface area (Å²) in [6, 6.07) is 6.34. The number of aryl methyl sites for hydroxylation is 1. The minimum atomic E-state index is -2.56. The van der Waals surface area contributed by atoms with Crippen molar-refractivity contribution in [2.75, 3.05) is 5.32 Å². The molecule has 1 aromatic carbocycles. The first-order valence-corrected chi connectivity index (χ1v) is 8.36. The number of carbonyl (C=O) groups is 1. The highest BCUT2D eigenvalue weighted by Gasteiger charge is 2.36. The number of alkyl halides is 2. The lowest BCUT2D eigenvalue weighted by Crippen LogP contribution is -2.34. The van der Waals surface area contributed by atoms with E-state index in [2.05, 4.69) is 15.7 Å². The lowest BCUT2D eigenvalue weighted by atomic mass is 9.96. The van der Waals surface area contributed by atoms with Crippen LogP contribution in [0.3, 0.4) is 0 Å². The van der Waals surface area contributed by atoms with Crippen molar-refractivity contribution in [3.8, 4) is 0 Å². The molecular weight excluding hydrogens is 326 g/mol. The van der Waals surface area contributed by atoms with Crippen LogP contribution < -0.4 is 10.6 Å². The molecule has 0 spiro atoms. The number of hydrogen-bond acceptors (Lipinski definition) is 3. The fourth-order valence-corrected chi connectivity index (χ4v) is 3.06. The van der Waals surface area contributed by atoms with Crippen molar-refractivity contribution in [2.45, 2.75) is 51.7 Å². The fraction of sp³-hybridized carbons (Fsp3) is 0.444. The summed E-state index contributed by atoms with van der Waals surface area (Å²) >= 11 is 0. The number of anilines is 1. The zero-order valence-corrected chi connectivity index (χ0v) is 14.5. The molecule has 1 aliphatic rings. The van der Waals surface area contributed by atoms with Crippen LogP contribution in [0.25, 0.3) is 0 Å². The van der Waals surface area contributed by atoms with E-state index in [1.807, 2.05) is 45.0 Å². The van der Waals surface area contributed by atoms with Gasteiger partial charge in [-0.2, -0.15) is 5.10 Å². The average Bonchev–Trinajstić information content (AvgIpc) is 2.97. The maximum absolute atomic E-state index is 13.6. The van der Waals surface area contributed by atoms with Crippen LogP contribution in [0.5, 0.6) is 0 Å². The van der Waals surface area contributed by atoms with Crippen LogP contribution in [0.4, 0.5) is 14.6 Å². The Labute approximate surface area is 145 Å². The number of carbonyl (C=O) groups excluding carboxylic acids is 1. The van der Waals surface area contributed by atoms with Crippen LogP contribution in [0.1, 0.15) is 53.8 Å². The van der Waals surface area contributed by atoms with Crippen LogP contribution in [-0.2, 0) is 0 Å². The van der Waals surface area contributed by atoms with Gasteiger partial charge in [-0.05, 0) is 32.8 Å². The van der Waals surface area contributed by atoms with E-state index in [4.69, 9.17) is 0 Å². The first-order valence-electron chi connectivity index (χ1n) is 8.36. The van der Waals surface area contributed by atoms with E-state index >= 15 is 0 Å². The van der Waals surface area contributed by atoms with Crippen molar-refractivity contribution in [1.29, 1.82) is 0 Å². The van der Waals surface area contributed by atoms with Gasteiger partial charge in [0.05, 0.1) is 12.2 Å². The fourth-order valence-electron chi connectivity index (χ4n) is 3.06. The molecule has 3 rings (SSSR count). The number of halogens is 2. The molecule has 1 aromatic heterocycles. The molecule has 0 unspecified atom stereocenters. The monoisotopic (exact) mass is 348 g/mol. The Morgan fingerprint density at radius 3 is 2.60 bits per heavy atom. The summed E-state index contributed by atoms with van der Waals surface area (Å²) in [5.41, 5.74) is 2.31. The highest BCUT2D eigenvalue weighted by molar-refractivity contribution is 5.99.